The lowest BCUT2D eigenvalue weighted by atomic mass is 10.3. The fourth-order valence-corrected chi connectivity index (χ4v) is 1.70. The highest BCUT2D eigenvalue weighted by Crippen LogP contribution is 2.15. The van der Waals surface area contributed by atoms with E-state index in [9.17, 15) is 4.80 Å². The molecule has 6 heteroatoms. The molecule has 0 aromatic heterocycles. The van der Waals surface area contributed by atoms with Crippen LogP contribution in [0.1, 0.15) is 0 Å². The highest BCUT2D eigenvalue weighted by atomic mass is 32.1. The largest absolute Gasteiger partial charge is 0.758 e. The van der Waals surface area contributed by atoms with Crippen molar-refractivity contribution in [3.05, 3.63) is 30.3 Å². The van der Waals surface area contributed by atoms with Crippen molar-refractivity contribution in [2.45, 2.75) is 0 Å². The third-order valence-electron chi connectivity index (χ3n) is 1.36. The molecule has 1 aromatic carbocycles. The van der Waals surface area contributed by atoms with E-state index in [2.05, 4.69) is 21.2 Å². The third kappa shape index (κ3) is 3.01. The summed E-state index contributed by atoms with van der Waals surface area (Å²) in [7, 11) is -2.28. The zero-order chi connectivity index (χ0) is 9.73. The van der Waals surface area contributed by atoms with Crippen LogP contribution >= 0.6 is 12.9 Å². The van der Waals surface area contributed by atoms with Gasteiger partial charge in [-0.1, -0.05) is 18.2 Å². The molecule has 1 atom stereocenters. The van der Waals surface area contributed by atoms with Gasteiger partial charge in [0.25, 0.3) is 0 Å². The Morgan fingerprint density at radius 2 is 1.92 bits per heavy atom. The molecular formula is C7H10O4SSi. The average Bonchev–Trinajstić information content (AvgIpc) is 2.19. The summed E-state index contributed by atoms with van der Waals surface area (Å²) < 4.78 is 14.2. The topological polar surface area (TPSA) is 47.9 Å². The number of para-hydroxylation sites is 1. The van der Waals surface area contributed by atoms with Gasteiger partial charge in [-0.05, 0) is 25.0 Å². The maximum Gasteiger partial charge on any atom is 0.758 e. The molecule has 0 aliphatic rings. The van der Waals surface area contributed by atoms with Crippen LogP contribution in [-0.4, -0.2) is 21.0 Å². The molecular weight excluding hydrogens is 208 g/mol. The Labute approximate surface area is 83.2 Å². The standard InChI is InChI=1S/C7H10O4SSi/c1-9-13(8,11-12)10-7-5-3-2-4-6-7/h2-6,8,12H,1H3. The molecule has 0 saturated carbocycles. The summed E-state index contributed by atoms with van der Waals surface area (Å²) in [5, 5.41) is 0. The van der Waals surface area contributed by atoms with Crippen molar-refractivity contribution in [3.8, 4) is 5.75 Å². The molecule has 72 valence electrons. The number of rotatable bonds is 4. The van der Waals surface area contributed by atoms with Gasteiger partial charge in [-0.15, -0.1) is 0 Å². The first-order chi connectivity index (χ1) is 6.20. The minimum atomic E-state index is -3.57. The van der Waals surface area contributed by atoms with Gasteiger partial charge in [-0.2, -0.15) is 0 Å². The molecule has 13 heavy (non-hydrogen) atoms. The number of benzene rings is 1. The Bertz CT molecular complexity index is 252. The van der Waals surface area contributed by atoms with Gasteiger partial charge in [0.05, 0.1) is 0 Å². The molecule has 0 radical (unpaired) electrons. The lowest BCUT2D eigenvalue weighted by Crippen LogP contribution is -2.46. The second-order valence-corrected chi connectivity index (χ2v) is 4.62. The predicted molar refractivity (Wildman–Crippen MR) is 52.1 cm³/mol. The van der Waals surface area contributed by atoms with Gasteiger partial charge in [0.2, 0.25) is 0 Å². The molecule has 1 N–H and O–H groups in total. The SMILES string of the molecule is CO[Si](O)(OS)Oc1ccccc1. The highest BCUT2D eigenvalue weighted by Gasteiger charge is 2.42. The normalized spacial score (nSPS) is 15.0. The third-order valence-corrected chi connectivity index (χ3v) is 3.30. The summed E-state index contributed by atoms with van der Waals surface area (Å²) in [5.74, 6) is 0.479. The quantitative estimate of drug-likeness (QED) is 0.450. The van der Waals surface area contributed by atoms with Crippen molar-refractivity contribution < 1.29 is 17.5 Å². The van der Waals surface area contributed by atoms with E-state index in [0.29, 0.717) is 5.75 Å². The van der Waals surface area contributed by atoms with E-state index in [0.717, 1.165) is 0 Å². The van der Waals surface area contributed by atoms with Gasteiger partial charge in [0.1, 0.15) is 5.75 Å². The van der Waals surface area contributed by atoms with Gasteiger partial charge in [-0.25, -0.2) is 0 Å². The zero-order valence-electron chi connectivity index (χ0n) is 7.01. The Balaban J connectivity index is 2.68. The molecule has 0 aliphatic carbocycles. The number of hydrogen-bond acceptors (Lipinski definition) is 5. The molecule has 4 nitrogen and oxygen atoms in total. The van der Waals surface area contributed by atoms with Crippen molar-refractivity contribution in [2.24, 2.45) is 0 Å². The van der Waals surface area contributed by atoms with Crippen LogP contribution in [0.2, 0.25) is 0 Å². The summed E-state index contributed by atoms with van der Waals surface area (Å²) in [6.45, 7) is 0. The molecule has 0 aliphatic heterocycles. The van der Waals surface area contributed by atoms with Crippen LogP contribution in [-0.2, 0) is 8.30 Å². The predicted octanol–water partition coefficient (Wildman–Crippen LogP) is 1.00. The molecule has 0 spiro atoms. The van der Waals surface area contributed by atoms with Crippen LogP contribution in [0.4, 0.5) is 0 Å². The van der Waals surface area contributed by atoms with E-state index < -0.39 is 9.05 Å². The maximum atomic E-state index is 9.48. The summed E-state index contributed by atoms with van der Waals surface area (Å²) in [4.78, 5) is 9.48. The summed E-state index contributed by atoms with van der Waals surface area (Å²) in [5.41, 5.74) is 0. The Morgan fingerprint density at radius 1 is 1.31 bits per heavy atom. The summed E-state index contributed by atoms with van der Waals surface area (Å²) in [6.07, 6.45) is 0. The van der Waals surface area contributed by atoms with E-state index in [4.69, 9.17) is 4.43 Å². The number of thiol groups is 1. The Morgan fingerprint density at radius 3 is 2.38 bits per heavy atom. The minimum Gasteiger partial charge on any atom is -0.480 e. The molecule has 0 bridgehead atoms. The van der Waals surface area contributed by atoms with Gasteiger partial charge in [0.15, 0.2) is 0 Å². The van der Waals surface area contributed by atoms with Crippen LogP contribution in [0.3, 0.4) is 0 Å². The highest BCUT2D eigenvalue weighted by molar-refractivity contribution is 7.76. The smallest absolute Gasteiger partial charge is 0.480 e. The summed E-state index contributed by atoms with van der Waals surface area (Å²) in [6, 6.07) is 8.76. The average molecular weight is 218 g/mol. The lowest BCUT2D eigenvalue weighted by molar-refractivity contribution is 0.120. The van der Waals surface area contributed by atoms with Gasteiger partial charge < -0.3 is 13.6 Å². The molecule has 1 rings (SSSR count). The van der Waals surface area contributed by atoms with Gasteiger partial charge >= 0.3 is 9.05 Å². The van der Waals surface area contributed by atoms with Crippen LogP contribution < -0.4 is 4.43 Å². The molecule has 0 heterocycles. The molecule has 0 fully saturated rings. The lowest BCUT2D eigenvalue weighted by Gasteiger charge is -2.18. The fraction of sp³-hybridized carbons (Fsp3) is 0.143. The zero-order valence-corrected chi connectivity index (χ0v) is 8.90. The van der Waals surface area contributed by atoms with E-state index in [-0.39, 0.29) is 0 Å². The van der Waals surface area contributed by atoms with Crippen molar-refractivity contribution in [3.63, 3.8) is 0 Å². The first kappa shape index (κ1) is 10.5. The molecule has 1 aromatic rings. The molecule has 1 unspecified atom stereocenters. The second-order valence-electron chi connectivity index (χ2n) is 2.23. The van der Waals surface area contributed by atoms with Crippen LogP contribution in [0.25, 0.3) is 0 Å². The van der Waals surface area contributed by atoms with Crippen LogP contribution in [0, 0.1) is 0 Å². The molecule has 0 saturated heterocycles. The minimum absolute atomic E-state index is 0.479. The van der Waals surface area contributed by atoms with E-state index in [1.807, 2.05) is 6.07 Å². The monoisotopic (exact) mass is 218 g/mol. The Hall–Kier alpha value is -0.533. The van der Waals surface area contributed by atoms with E-state index >= 15 is 0 Å². The van der Waals surface area contributed by atoms with Crippen LogP contribution in [0.15, 0.2) is 30.3 Å². The van der Waals surface area contributed by atoms with Crippen molar-refractivity contribution in [2.75, 3.05) is 7.11 Å². The summed E-state index contributed by atoms with van der Waals surface area (Å²) >= 11 is 3.47. The molecule has 0 amide bonds. The van der Waals surface area contributed by atoms with Crippen molar-refractivity contribution in [1.29, 1.82) is 0 Å². The van der Waals surface area contributed by atoms with Crippen molar-refractivity contribution >= 4 is 22.0 Å². The maximum absolute atomic E-state index is 9.48. The Kier molecular flexibility index (Phi) is 3.76. The first-order valence-corrected chi connectivity index (χ1v) is 5.58. The number of hydrogen-bond donors (Lipinski definition) is 2. The first-order valence-electron chi connectivity index (χ1n) is 3.54. The second kappa shape index (κ2) is 4.63. The fourth-order valence-electron chi connectivity index (χ4n) is 0.735. The van der Waals surface area contributed by atoms with Crippen molar-refractivity contribution in [1.82, 2.24) is 0 Å². The van der Waals surface area contributed by atoms with Gasteiger partial charge in [-0.3, -0.25) is 3.87 Å². The van der Waals surface area contributed by atoms with E-state index in [1.165, 1.54) is 7.11 Å². The van der Waals surface area contributed by atoms with E-state index in [1.54, 1.807) is 24.3 Å². The van der Waals surface area contributed by atoms with Gasteiger partial charge in [0, 0.05) is 7.11 Å². The van der Waals surface area contributed by atoms with Crippen LogP contribution in [0.5, 0.6) is 5.75 Å².